The van der Waals surface area contributed by atoms with Gasteiger partial charge in [0.2, 0.25) is 5.79 Å². The van der Waals surface area contributed by atoms with Crippen LogP contribution in [-0.2, 0) is 6.42 Å². The maximum Gasteiger partial charge on any atom is 0.208 e. The SMILES string of the molecule is OC12CCCC(C1)c1cccc(Cc3cc(-c4ccccc4)no3)c1O2. The van der Waals surface area contributed by atoms with Crippen LogP contribution in [0.5, 0.6) is 5.75 Å². The molecule has 0 spiro atoms. The molecule has 26 heavy (non-hydrogen) atoms. The summed E-state index contributed by atoms with van der Waals surface area (Å²) in [5.41, 5.74) is 4.14. The van der Waals surface area contributed by atoms with Crippen molar-refractivity contribution in [2.45, 2.75) is 43.8 Å². The van der Waals surface area contributed by atoms with E-state index in [2.05, 4.69) is 17.3 Å². The highest BCUT2D eigenvalue weighted by Gasteiger charge is 2.43. The molecular formula is C22H21NO3. The molecule has 0 radical (unpaired) electrons. The Morgan fingerprint density at radius 1 is 1.12 bits per heavy atom. The smallest absolute Gasteiger partial charge is 0.208 e. The molecule has 1 aliphatic heterocycles. The number of rotatable bonds is 3. The lowest BCUT2D eigenvalue weighted by molar-refractivity contribution is -0.173. The number of fused-ring (bicyclic) bond motifs is 4. The van der Waals surface area contributed by atoms with E-state index < -0.39 is 5.79 Å². The van der Waals surface area contributed by atoms with Crippen LogP contribution in [0.15, 0.2) is 59.1 Å². The third-order valence-corrected chi connectivity index (χ3v) is 5.54. The third kappa shape index (κ3) is 2.71. The van der Waals surface area contributed by atoms with Crippen molar-refractivity contribution < 1.29 is 14.4 Å². The van der Waals surface area contributed by atoms with Crippen molar-refractivity contribution in [2.75, 3.05) is 0 Å². The van der Waals surface area contributed by atoms with Crippen LogP contribution >= 0.6 is 0 Å². The number of para-hydroxylation sites is 1. The molecule has 2 heterocycles. The Morgan fingerprint density at radius 3 is 2.88 bits per heavy atom. The zero-order valence-electron chi connectivity index (χ0n) is 14.5. The van der Waals surface area contributed by atoms with Crippen LogP contribution in [0.3, 0.4) is 0 Å². The molecule has 2 atom stereocenters. The van der Waals surface area contributed by atoms with Crippen LogP contribution in [0, 0.1) is 0 Å². The highest BCUT2D eigenvalue weighted by atomic mass is 16.6. The molecule has 2 bridgehead atoms. The Hall–Kier alpha value is -2.59. The summed E-state index contributed by atoms with van der Waals surface area (Å²) in [4.78, 5) is 0. The molecular weight excluding hydrogens is 326 g/mol. The number of benzene rings is 2. The molecule has 2 aliphatic rings. The largest absolute Gasteiger partial charge is 0.462 e. The van der Waals surface area contributed by atoms with Crippen LogP contribution in [-0.4, -0.2) is 16.1 Å². The minimum Gasteiger partial charge on any atom is -0.462 e. The number of hydrogen-bond donors (Lipinski definition) is 1. The average Bonchev–Trinajstić information content (AvgIpc) is 3.12. The molecule has 1 aromatic heterocycles. The first kappa shape index (κ1) is 15.6. The summed E-state index contributed by atoms with van der Waals surface area (Å²) in [7, 11) is 0. The normalized spacial score (nSPS) is 24.0. The Kier molecular flexibility index (Phi) is 3.61. The van der Waals surface area contributed by atoms with Crippen molar-refractivity contribution in [2.24, 2.45) is 0 Å². The second kappa shape index (κ2) is 5.99. The first-order valence-electron chi connectivity index (χ1n) is 9.24. The second-order valence-electron chi connectivity index (χ2n) is 7.40. The van der Waals surface area contributed by atoms with Crippen LogP contribution in [0.2, 0.25) is 0 Å². The molecule has 1 N–H and O–H groups in total. The quantitative estimate of drug-likeness (QED) is 0.748. The van der Waals surface area contributed by atoms with Crippen molar-refractivity contribution in [1.29, 1.82) is 0 Å². The van der Waals surface area contributed by atoms with E-state index in [1.165, 1.54) is 5.56 Å². The molecule has 3 aromatic rings. The molecule has 1 fully saturated rings. The maximum absolute atomic E-state index is 10.7. The molecule has 0 amide bonds. The lowest BCUT2D eigenvalue weighted by atomic mass is 9.77. The van der Waals surface area contributed by atoms with Crippen molar-refractivity contribution in [3.63, 3.8) is 0 Å². The van der Waals surface area contributed by atoms with Gasteiger partial charge in [-0.2, -0.15) is 0 Å². The molecule has 132 valence electrons. The van der Waals surface area contributed by atoms with Gasteiger partial charge in [0, 0.05) is 36.5 Å². The van der Waals surface area contributed by atoms with E-state index in [4.69, 9.17) is 9.26 Å². The number of aliphatic hydroxyl groups is 1. The molecule has 5 rings (SSSR count). The summed E-state index contributed by atoms with van der Waals surface area (Å²) in [5.74, 6) is 1.00. The molecule has 0 saturated heterocycles. The third-order valence-electron chi connectivity index (χ3n) is 5.54. The highest BCUT2D eigenvalue weighted by molar-refractivity contribution is 5.58. The molecule has 2 aromatic carbocycles. The molecule has 2 unspecified atom stereocenters. The zero-order chi connectivity index (χ0) is 17.6. The van der Waals surface area contributed by atoms with Crippen molar-refractivity contribution in [3.05, 3.63) is 71.5 Å². The number of ether oxygens (including phenoxy) is 1. The van der Waals surface area contributed by atoms with Gasteiger partial charge in [-0.25, -0.2) is 0 Å². The van der Waals surface area contributed by atoms with Gasteiger partial charge in [0.25, 0.3) is 0 Å². The number of aromatic nitrogens is 1. The number of nitrogens with zero attached hydrogens (tertiary/aromatic N) is 1. The van der Waals surface area contributed by atoms with Crippen LogP contribution in [0.25, 0.3) is 11.3 Å². The Balaban J connectivity index is 1.47. The Bertz CT molecular complexity index is 934. The van der Waals surface area contributed by atoms with Gasteiger partial charge in [-0.1, -0.05) is 53.7 Å². The number of hydrogen-bond acceptors (Lipinski definition) is 4. The fourth-order valence-corrected chi connectivity index (χ4v) is 4.28. The first-order chi connectivity index (χ1) is 12.7. The maximum atomic E-state index is 10.7. The van der Waals surface area contributed by atoms with E-state index >= 15 is 0 Å². The second-order valence-corrected chi connectivity index (χ2v) is 7.40. The van der Waals surface area contributed by atoms with Gasteiger partial charge in [-0.3, -0.25) is 0 Å². The van der Waals surface area contributed by atoms with Gasteiger partial charge in [-0.15, -0.1) is 0 Å². The van der Waals surface area contributed by atoms with Crippen molar-refractivity contribution >= 4 is 0 Å². The molecule has 1 aliphatic carbocycles. The van der Waals surface area contributed by atoms with E-state index in [0.717, 1.165) is 41.2 Å². The lowest BCUT2D eigenvalue weighted by Gasteiger charge is -2.43. The highest BCUT2D eigenvalue weighted by Crippen LogP contribution is 2.49. The summed E-state index contributed by atoms with van der Waals surface area (Å²) in [6, 6.07) is 18.2. The van der Waals surface area contributed by atoms with Crippen LogP contribution in [0.4, 0.5) is 0 Å². The summed E-state index contributed by atoms with van der Waals surface area (Å²) in [6.45, 7) is 0. The zero-order valence-corrected chi connectivity index (χ0v) is 14.5. The van der Waals surface area contributed by atoms with E-state index in [9.17, 15) is 5.11 Å². The first-order valence-corrected chi connectivity index (χ1v) is 9.24. The Morgan fingerprint density at radius 2 is 2.00 bits per heavy atom. The fraction of sp³-hybridized carbons (Fsp3) is 0.318. The van der Waals surface area contributed by atoms with E-state index in [-0.39, 0.29) is 0 Å². The van der Waals surface area contributed by atoms with Gasteiger partial charge in [-0.05, 0) is 24.3 Å². The predicted molar refractivity (Wildman–Crippen MR) is 98.0 cm³/mol. The summed E-state index contributed by atoms with van der Waals surface area (Å²) >= 11 is 0. The standard InChI is InChI=1S/C22H21NO3/c24-22-11-5-9-17(14-22)19-10-4-8-16(21(19)25-22)12-18-13-20(23-26-18)15-6-2-1-3-7-15/h1-4,6-8,10,13,17,24H,5,9,11-12,14H2. The van der Waals surface area contributed by atoms with Crippen molar-refractivity contribution in [1.82, 2.24) is 5.16 Å². The lowest BCUT2D eigenvalue weighted by Crippen LogP contribution is -2.43. The predicted octanol–water partition coefficient (Wildman–Crippen LogP) is 4.67. The van der Waals surface area contributed by atoms with Gasteiger partial charge in [0.15, 0.2) is 0 Å². The van der Waals surface area contributed by atoms with Crippen molar-refractivity contribution in [3.8, 4) is 17.0 Å². The molecule has 4 heteroatoms. The van der Waals surface area contributed by atoms with Gasteiger partial charge < -0.3 is 14.4 Å². The summed E-state index contributed by atoms with van der Waals surface area (Å²) < 4.78 is 11.6. The van der Waals surface area contributed by atoms with E-state index in [0.29, 0.717) is 25.2 Å². The minimum atomic E-state index is -1.01. The molecule has 1 saturated carbocycles. The van der Waals surface area contributed by atoms with Crippen LogP contribution in [0.1, 0.15) is 48.5 Å². The van der Waals surface area contributed by atoms with Gasteiger partial charge in [0.05, 0.1) is 0 Å². The van der Waals surface area contributed by atoms with Gasteiger partial charge >= 0.3 is 0 Å². The van der Waals surface area contributed by atoms with E-state index in [1.54, 1.807) is 0 Å². The molecule has 4 nitrogen and oxygen atoms in total. The summed E-state index contributed by atoms with van der Waals surface area (Å²) in [6.07, 6.45) is 4.13. The topological polar surface area (TPSA) is 55.5 Å². The average molecular weight is 347 g/mol. The van der Waals surface area contributed by atoms with Crippen LogP contribution < -0.4 is 4.74 Å². The van der Waals surface area contributed by atoms with Gasteiger partial charge in [0.1, 0.15) is 17.2 Å². The fourth-order valence-electron chi connectivity index (χ4n) is 4.28. The monoisotopic (exact) mass is 347 g/mol. The minimum absolute atomic E-state index is 0.382. The van der Waals surface area contributed by atoms with E-state index in [1.807, 2.05) is 42.5 Å². The Labute approximate surface area is 152 Å². The summed E-state index contributed by atoms with van der Waals surface area (Å²) in [5, 5.41) is 14.9.